The largest absolute Gasteiger partial charge is 0.333 e. The minimum atomic E-state index is -0.0780. The van der Waals surface area contributed by atoms with Crippen molar-refractivity contribution in [1.82, 2.24) is 19.7 Å². The van der Waals surface area contributed by atoms with Crippen molar-refractivity contribution in [3.63, 3.8) is 0 Å². The van der Waals surface area contributed by atoms with Crippen molar-refractivity contribution >= 4 is 39.0 Å². The molecule has 0 unspecified atom stereocenters. The average Bonchev–Trinajstić information content (AvgIpc) is 3.50. The van der Waals surface area contributed by atoms with Gasteiger partial charge in [0.15, 0.2) is 0 Å². The molecule has 0 spiro atoms. The van der Waals surface area contributed by atoms with Crippen LogP contribution in [-0.4, -0.2) is 19.7 Å². The van der Waals surface area contributed by atoms with Gasteiger partial charge in [-0.05, 0) is 35.1 Å². The molecule has 8 heteroatoms. The summed E-state index contributed by atoms with van der Waals surface area (Å²) in [6.45, 7) is 6.11. The normalized spacial score (nSPS) is 11.2. The maximum Gasteiger partial charge on any atom is 0.268 e. The number of nitrogens with zero attached hydrogens (tertiary/aromatic N) is 4. The summed E-state index contributed by atoms with van der Waals surface area (Å²) in [5, 5.41) is 6.64. The summed E-state index contributed by atoms with van der Waals surface area (Å²) in [7, 11) is 0. The van der Waals surface area contributed by atoms with E-state index in [1.54, 1.807) is 28.3 Å². The number of hydrogen-bond acceptors (Lipinski definition) is 7. The summed E-state index contributed by atoms with van der Waals surface area (Å²) in [5.41, 5.74) is 2.80. The van der Waals surface area contributed by atoms with Gasteiger partial charge >= 0.3 is 0 Å². The molecule has 0 radical (unpaired) electrons. The molecule has 5 rings (SSSR count). The summed E-state index contributed by atoms with van der Waals surface area (Å²) in [6, 6.07) is 11.8. The lowest BCUT2D eigenvalue weighted by Gasteiger charge is -2.06. The molecule has 30 heavy (non-hydrogen) atoms. The second kappa shape index (κ2) is 7.47. The number of aromatic nitrogens is 4. The van der Waals surface area contributed by atoms with Crippen molar-refractivity contribution in [2.75, 3.05) is 0 Å². The van der Waals surface area contributed by atoms with E-state index in [-0.39, 0.29) is 5.56 Å². The molecule has 4 heterocycles. The number of aryl methyl sites for hydroxylation is 1. The van der Waals surface area contributed by atoms with E-state index in [9.17, 15) is 4.79 Å². The Hall–Kier alpha value is -3.36. The lowest BCUT2D eigenvalue weighted by molar-refractivity contribution is 0.433. The second-order valence-corrected chi connectivity index (χ2v) is 8.71. The van der Waals surface area contributed by atoms with E-state index in [1.807, 2.05) is 48.7 Å². The predicted octanol–water partition coefficient (Wildman–Crippen LogP) is 5.24. The maximum atomic E-state index is 13.2. The molecule has 5 aromatic rings. The molecule has 6 nitrogen and oxygen atoms in total. The summed E-state index contributed by atoms with van der Waals surface area (Å²) in [5.74, 6) is 0.954. The second-order valence-electron chi connectivity index (χ2n) is 6.76. The zero-order chi connectivity index (χ0) is 20.7. The molecule has 1 aromatic carbocycles. The van der Waals surface area contributed by atoms with E-state index < -0.39 is 0 Å². The minimum Gasteiger partial charge on any atom is -0.333 e. The van der Waals surface area contributed by atoms with Crippen LogP contribution >= 0.6 is 22.7 Å². The first kappa shape index (κ1) is 18.7. The van der Waals surface area contributed by atoms with Crippen LogP contribution in [0.25, 0.3) is 37.8 Å². The van der Waals surface area contributed by atoms with Gasteiger partial charge in [0.25, 0.3) is 11.4 Å². The van der Waals surface area contributed by atoms with E-state index in [2.05, 4.69) is 21.7 Å². The fourth-order valence-corrected chi connectivity index (χ4v) is 4.96. The molecule has 0 N–H and O–H groups in total. The molecule has 0 fully saturated rings. The van der Waals surface area contributed by atoms with E-state index >= 15 is 0 Å². The van der Waals surface area contributed by atoms with E-state index in [0.29, 0.717) is 28.5 Å². The van der Waals surface area contributed by atoms with Crippen LogP contribution in [0.5, 0.6) is 0 Å². The molecular formula is C22H16N4O2S2. The van der Waals surface area contributed by atoms with Crippen LogP contribution in [0.1, 0.15) is 16.7 Å². The van der Waals surface area contributed by atoms with Gasteiger partial charge in [-0.2, -0.15) is 4.98 Å². The first-order valence-corrected chi connectivity index (χ1v) is 10.9. The highest BCUT2D eigenvalue weighted by atomic mass is 32.1. The first-order valence-electron chi connectivity index (χ1n) is 9.22. The zero-order valence-corrected chi connectivity index (χ0v) is 17.7. The van der Waals surface area contributed by atoms with Crippen molar-refractivity contribution in [2.45, 2.75) is 13.5 Å². The highest BCUT2D eigenvalue weighted by Crippen LogP contribution is 2.36. The minimum absolute atomic E-state index is 0.0780. The Labute approximate surface area is 179 Å². The lowest BCUT2D eigenvalue weighted by atomic mass is 10.1. The lowest BCUT2D eigenvalue weighted by Crippen LogP contribution is -2.21. The Morgan fingerprint density at radius 2 is 2.07 bits per heavy atom. The molecular weight excluding hydrogens is 416 g/mol. The number of fused-ring (bicyclic) bond motifs is 1. The van der Waals surface area contributed by atoms with Crippen molar-refractivity contribution in [1.29, 1.82) is 0 Å². The monoisotopic (exact) mass is 432 g/mol. The SMILES string of the molecule is C=Cc1ccc(Cn2cnc3sc(-c4nc(-c5cccs5)no4)c(C)c3c2=O)cc1. The Balaban J connectivity index is 1.53. The van der Waals surface area contributed by atoms with Crippen LogP contribution in [0.4, 0.5) is 0 Å². The zero-order valence-electron chi connectivity index (χ0n) is 16.0. The third-order valence-electron chi connectivity index (χ3n) is 4.85. The van der Waals surface area contributed by atoms with Gasteiger partial charge in [-0.1, -0.05) is 48.1 Å². The van der Waals surface area contributed by atoms with Crippen molar-refractivity contribution in [2.24, 2.45) is 0 Å². The molecule has 0 atom stereocenters. The molecule has 148 valence electrons. The van der Waals surface area contributed by atoms with Crippen LogP contribution in [-0.2, 0) is 6.54 Å². The molecule has 0 aliphatic carbocycles. The van der Waals surface area contributed by atoms with E-state index in [4.69, 9.17) is 4.52 Å². The van der Waals surface area contributed by atoms with Gasteiger partial charge in [0.05, 0.1) is 28.0 Å². The molecule has 0 saturated carbocycles. The molecule has 4 aromatic heterocycles. The van der Waals surface area contributed by atoms with Crippen LogP contribution < -0.4 is 5.56 Å². The number of thiophene rings is 2. The standard InChI is InChI=1S/C22H16N4O2S2/c1-3-14-6-8-15(9-7-14)11-26-12-23-21-17(22(26)27)13(2)18(30-21)20-24-19(25-28-20)16-5-4-10-29-16/h3-10,12H,1,11H2,2H3. The third-order valence-corrected chi connectivity index (χ3v) is 6.90. The highest BCUT2D eigenvalue weighted by Gasteiger charge is 2.20. The fraction of sp³-hybridized carbons (Fsp3) is 0.0909. The number of benzene rings is 1. The summed E-state index contributed by atoms with van der Waals surface area (Å²) in [6.07, 6.45) is 3.39. The van der Waals surface area contributed by atoms with E-state index in [1.165, 1.54) is 11.3 Å². The third kappa shape index (κ3) is 3.20. The van der Waals surface area contributed by atoms with Gasteiger partial charge in [-0.25, -0.2) is 4.98 Å². The Bertz CT molecular complexity index is 1410. The molecule has 0 aliphatic heterocycles. The average molecular weight is 433 g/mol. The number of hydrogen-bond donors (Lipinski definition) is 0. The molecule has 0 bridgehead atoms. The van der Waals surface area contributed by atoms with Crippen LogP contribution in [0, 0.1) is 6.92 Å². The van der Waals surface area contributed by atoms with Crippen molar-refractivity contribution in [3.8, 4) is 21.5 Å². The van der Waals surface area contributed by atoms with Gasteiger partial charge in [0.2, 0.25) is 5.82 Å². The highest BCUT2D eigenvalue weighted by molar-refractivity contribution is 7.22. The molecule has 0 saturated heterocycles. The Morgan fingerprint density at radius 1 is 1.23 bits per heavy atom. The van der Waals surface area contributed by atoms with Crippen LogP contribution in [0.15, 0.2) is 64.0 Å². The van der Waals surface area contributed by atoms with E-state index in [0.717, 1.165) is 26.4 Å². The van der Waals surface area contributed by atoms with Crippen molar-refractivity contribution < 1.29 is 4.52 Å². The summed E-state index contributed by atoms with van der Waals surface area (Å²) < 4.78 is 7.11. The number of rotatable bonds is 5. The topological polar surface area (TPSA) is 73.8 Å². The van der Waals surface area contributed by atoms with Gasteiger partial charge in [-0.15, -0.1) is 22.7 Å². The molecule has 0 aliphatic rings. The van der Waals surface area contributed by atoms with Crippen LogP contribution in [0.3, 0.4) is 0 Å². The summed E-state index contributed by atoms with van der Waals surface area (Å²) >= 11 is 2.94. The summed E-state index contributed by atoms with van der Waals surface area (Å²) in [4.78, 5) is 24.6. The van der Waals surface area contributed by atoms with Gasteiger partial charge in [0, 0.05) is 0 Å². The Morgan fingerprint density at radius 3 is 2.80 bits per heavy atom. The maximum absolute atomic E-state index is 13.2. The fourth-order valence-electron chi connectivity index (χ4n) is 3.25. The molecule has 0 amide bonds. The quantitative estimate of drug-likeness (QED) is 0.380. The van der Waals surface area contributed by atoms with Gasteiger partial charge < -0.3 is 4.52 Å². The van der Waals surface area contributed by atoms with Gasteiger partial charge in [-0.3, -0.25) is 9.36 Å². The first-order chi connectivity index (χ1) is 14.6. The van der Waals surface area contributed by atoms with Crippen molar-refractivity contribution in [3.05, 3.63) is 81.7 Å². The predicted molar refractivity (Wildman–Crippen MR) is 121 cm³/mol. The van der Waals surface area contributed by atoms with Gasteiger partial charge in [0.1, 0.15) is 4.83 Å². The van der Waals surface area contributed by atoms with Crippen LogP contribution in [0.2, 0.25) is 0 Å². The Kier molecular flexibility index (Phi) is 4.65. The smallest absolute Gasteiger partial charge is 0.268 e.